The number of non-ortho nitro benzene ring substituents is 1. The molecule has 0 saturated carbocycles. The quantitative estimate of drug-likeness (QED) is 0.664. The minimum absolute atomic E-state index is 0.153. The van der Waals surface area contributed by atoms with Crippen LogP contribution < -0.4 is 5.32 Å². The van der Waals surface area contributed by atoms with Crippen LogP contribution in [0.2, 0.25) is 0 Å². The minimum Gasteiger partial charge on any atom is -0.316 e. The van der Waals surface area contributed by atoms with Gasteiger partial charge < -0.3 is 5.32 Å². The van der Waals surface area contributed by atoms with E-state index < -0.39 is 0 Å². The van der Waals surface area contributed by atoms with Crippen molar-refractivity contribution in [3.8, 4) is 0 Å². The van der Waals surface area contributed by atoms with Crippen molar-refractivity contribution in [2.24, 2.45) is 5.92 Å². The second-order valence-corrected chi connectivity index (χ2v) is 5.68. The summed E-state index contributed by atoms with van der Waals surface area (Å²) >= 11 is 0. The first kappa shape index (κ1) is 14.9. The highest BCUT2D eigenvalue weighted by Crippen LogP contribution is 2.23. The summed E-state index contributed by atoms with van der Waals surface area (Å²) in [6.07, 6.45) is 2.54. The van der Waals surface area contributed by atoms with Crippen LogP contribution in [0.4, 0.5) is 5.69 Å². The van der Waals surface area contributed by atoms with Crippen molar-refractivity contribution in [2.75, 3.05) is 26.7 Å². The lowest BCUT2D eigenvalue weighted by Crippen LogP contribution is -2.37. The van der Waals surface area contributed by atoms with Gasteiger partial charge >= 0.3 is 0 Å². The maximum atomic E-state index is 10.7. The van der Waals surface area contributed by atoms with Crippen LogP contribution in [0.5, 0.6) is 0 Å². The summed E-state index contributed by atoms with van der Waals surface area (Å²) in [6, 6.07) is 7.17. The molecule has 0 aliphatic carbocycles. The standard InChI is InChI=1S/C15H23N3O2/c1-12(14-5-7-15(8-6-14)18(19)20)17(2)11-13-4-3-9-16-10-13/h5-8,12-13,16H,3-4,9-11H2,1-2H3. The Morgan fingerprint density at radius 1 is 1.45 bits per heavy atom. The lowest BCUT2D eigenvalue weighted by Gasteiger charge is -2.31. The Morgan fingerprint density at radius 2 is 2.15 bits per heavy atom. The average Bonchev–Trinajstić information content (AvgIpc) is 2.47. The van der Waals surface area contributed by atoms with Crippen LogP contribution in [0.25, 0.3) is 0 Å². The third kappa shape index (κ3) is 3.77. The summed E-state index contributed by atoms with van der Waals surface area (Å²) in [5.74, 6) is 0.703. The number of nitro benzene ring substituents is 1. The van der Waals surface area contributed by atoms with E-state index in [9.17, 15) is 10.1 Å². The van der Waals surface area contributed by atoms with Gasteiger partial charge in [-0.1, -0.05) is 12.1 Å². The van der Waals surface area contributed by atoms with Gasteiger partial charge in [0.1, 0.15) is 0 Å². The Balaban J connectivity index is 1.94. The number of nitrogens with zero attached hydrogens (tertiary/aromatic N) is 2. The van der Waals surface area contributed by atoms with E-state index in [0.29, 0.717) is 5.92 Å². The SMILES string of the molecule is CC(c1ccc([N+](=O)[O-])cc1)N(C)CC1CCCNC1. The van der Waals surface area contributed by atoms with E-state index >= 15 is 0 Å². The first-order valence-corrected chi connectivity index (χ1v) is 7.23. The van der Waals surface area contributed by atoms with E-state index in [0.717, 1.165) is 25.2 Å². The zero-order valence-corrected chi connectivity index (χ0v) is 12.2. The predicted octanol–water partition coefficient (Wildman–Crippen LogP) is 2.59. The number of rotatable bonds is 5. The van der Waals surface area contributed by atoms with Crippen LogP contribution in [0.15, 0.2) is 24.3 Å². The number of piperidine rings is 1. The van der Waals surface area contributed by atoms with E-state index in [1.807, 2.05) is 12.1 Å². The minimum atomic E-state index is -0.355. The van der Waals surface area contributed by atoms with Crippen LogP contribution >= 0.6 is 0 Å². The van der Waals surface area contributed by atoms with Gasteiger partial charge in [-0.2, -0.15) is 0 Å². The Morgan fingerprint density at radius 3 is 2.70 bits per heavy atom. The molecule has 5 nitrogen and oxygen atoms in total. The van der Waals surface area contributed by atoms with Crippen molar-refractivity contribution < 1.29 is 4.92 Å². The van der Waals surface area contributed by atoms with Crippen molar-refractivity contribution in [2.45, 2.75) is 25.8 Å². The summed E-state index contributed by atoms with van der Waals surface area (Å²) in [5.41, 5.74) is 1.28. The molecule has 1 aromatic carbocycles. The molecule has 0 bridgehead atoms. The number of hydrogen-bond donors (Lipinski definition) is 1. The predicted molar refractivity (Wildman–Crippen MR) is 79.7 cm³/mol. The zero-order valence-electron chi connectivity index (χ0n) is 12.2. The molecule has 2 rings (SSSR count). The summed E-state index contributed by atoms with van der Waals surface area (Å²) in [6.45, 7) is 5.44. The molecule has 1 aliphatic rings. The molecule has 1 heterocycles. The zero-order chi connectivity index (χ0) is 14.5. The van der Waals surface area contributed by atoms with E-state index in [4.69, 9.17) is 0 Å². The van der Waals surface area contributed by atoms with Gasteiger partial charge in [0.05, 0.1) is 4.92 Å². The summed E-state index contributed by atoms with van der Waals surface area (Å²) in [4.78, 5) is 12.6. The maximum Gasteiger partial charge on any atom is 0.269 e. The number of nitro groups is 1. The molecule has 0 radical (unpaired) electrons. The molecule has 0 spiro atoms. The summed E-state index contributed by atoms with van der Waals surface area (Å²) < 4.78 is 0. The third-order valence-corrected chi connectivity index (χ3v) is 4.19. The summed E-state index contributed by atoms with van der Waals surface area (Å²) in [7, 11) is 2.13. The third-order valence-electron chi connectivity index (χ3n) is 4.19. The molecule has 0 amide bonds. The molecule has 1 fully saturated rings. The molecule has 20 heavy (non-hydrogen) atoms. The highest BCUT2D eigenvalue weighted by atomic mass is 16.6. The van der Waals surface area contributed by atoms with E-state index in [2.05, 4.69) is 24.2 Å². The van der Waals surface area contributed by atoms with Gasteiger partial charge in [-0.15, -0.1) is 0 Å². The van der Waals surface area contributed by atoms with Crippen molar-refractivity contribution in [3.63, 3.8) is 0 Å². The van der Waals surface area contributed by atoms with E-state index in [1.54, 1.807) is 12.1 Å². The fourth-order valence-electron chi connectivity index (χ4n) is 2.77. The Kier molecular flexibility index (Phi) is 5.09. The van der Waals surface area contributed by atoms with Crippen LogP contribution in [-0.2, 0) is 0 Å². The molecule has 1 aliphatic heterocycles. The van der Waals surface area contributed by atoms with E-state index in [1.165, 1.54) is 12.8 Å². The lowest BCUT2D eigenvalue weighted by molar-refractivity contribution is -0.384. The van der Waals surface area contributed by atoms with Crippen LogP contribution in [-0.4, -0.2) is 36.5 Å². The molecule has 1 saturated heterocycles. The molecule has 1 N–H and O–H groups in total. The Bertz CT molecular complexity index is 441. The van der Waals surface area contributed by atoms with E-state index in [-0.39, 0.29) is 16.7 Å². The van der Waals surface area contributed by atoms with Gasteiger partial charge in [-0.3, -0.25) is 15.0 Å². The molecular formula is C15H23N3O2. The van der Waals surface area contributed by atoms with Gasteiger partial charge in [-0.05, 0) is 51.4 Å². The molecule has 5 heteroatoms. The maximum absolute atomic E-state index is 10.7. The largest absolute Gasteiger partial charge is 0.316 e. The molecule has 2 atom stereocenters. The van der Waals surface area contributed by atoms with Crippen LogP contribution in [0.3, 0.4) is 0 Å². The second-order valence-electron chi connectivity index (χ2n) is 5.68. The molecular weight excluding hydrogens is 254 g/mol. The summed E-state index contributed by atoms with van der Waals surface area (Å²) in [5, 5.41) is 14.1. The highest BCUT2D eigenvalue weighted by molar-refractivity contribution is 5.34. The van der Waals surface area contributed by atoms with Crippen LogP contribution in [0.1, 0.15) is 31.4 Å². The highest BCUT2D eigenvalue weighted by Gasteiger charge is 2.19. The normalized spacial score (nSPS) is 20.9. The van der Waals surface area contributed by atoms with Crippen molar-refractivity contribution >= 4 is 5.69 Å². The molecule has 110 valence electrons. The number of nitrogens with one attached hydrogen (secondary N) is 1. The van der Waals surface area contributed by atoms with Crippen molar-refractivity contribution in [1.29, 1.82) is 0 Å². The van der Waals surface area contributed by atoms with Gasteiger partial charge in [-0.25, -0.2) is 0 Å². The Labute approximate surface area is 120 Å². The van der Waals surface area contributed by atoms with Crippen LogP contribution in [0, 0.1) is 16.0 Å². The van der Waals surface area contributed by atoms with Crippen molar-refractivity contribution in [1.82, 2.24) is 10.2 Å². The fourth-order valence-corrected chi connectivity index (χ4v) is 2.77. The monoisotopic (exact) mass is 277 g/mol. The lowest BCUT2D eigenvalue weighted by atomic mass is 9.98. The van der Waals surface area contributed by atoms with Gasteiger partial charge in [0.2, 0.25) is 0 Å². The number of benzene rings is 1. The molecule has 0 aromatic heterocycles. The molecule has 2 unspecified atom stereocenters. The number of hydrogen-bond acceptors (Lipinski definition) is 4. The van der Waals surface area contributed by atoms with Gasteiger partial charge in [0, 0.05) is 24.7 Å². The topological polar surface area (TPSA) is 58.4 Å². The average molecular weight is 277 g/mol. The van der Waals surface area contributed by atoms with Gasteiger partial charge in [0.25, 0.3) is 5.69 Å². The van der Waals surface area contributed by atoms with Crippen molar-refractivity contribution in [3.05, 3.63) is 39.9 Å². The second kappa shape index (κ2) is 6.81. The van der Waals surface area contributed by atoms with Gasteiger partial charge in [0.15, 0.2) is 0 Å². The molecule has 1 aromatic rings. The first-order chi connectivity index (χ1) is 9.58. The smallest absolute Gasteiger partial charge is 0.269 e. The fraction of sp³-hybridized carbons (Fsp3) is 0.600. The Hall–Kier alpha value is -1.46. The first-order valence-electron chi connectivity index (χ1n) is 7.23.